The van der Waals surface area contributed by atoms with Gasteiger partial charge in [-0.3, -0.25) is 4.79 Å². The number of ether oxygens (including phenoxy) is 1. The van der Waals surface area contributed by atoms with E-state index >= 15 is 0 Å². The van der Waals surface area contributed by atoms with Gasteiger partial charge in [0.1, 0.15) is 19.0 Å². The van der Waals surface area contributed by atoms with Gasteiger partial charge in [-0.2, -0.15) is 13.2 Å². The van der Waals surface area contributed by atoms with Crippen LogP contribution in [-0.2, 0) is 9.53 Å². The zero-order valence-electron chi connectivity index (χ0n) is 11.3. The molecular formula is C13H16F3N3O2. The highest BCUT2D eigenvalue weighted by molar-refractivity contribution is 5.91. The lowest BCUT2D eigenvalue weighted by Crippen LogP contribution is -2.24. The summed E-state index contributed by atoms with van der Waals surface area (Å²) in [6.07, 6.45) is -0.679. The summed E-state index contributed by atoms with van der Waals surface area (Å²) in [5.74, 6) is 0.189. The standard InChI is InChI=1S/C13H16F3N3O2/c14-13(15,16)9-21-8-12(20)18-10-3-4-11(17-7-10)19-5-1-2-6-19/h3-4,7H,1-2,5-6,8-9H2,(H,18,20). The maximum atomic E-state index is 11.9. The van der Waals surface area contributed by atoms with Gasteiger partial charge in [-0.05, 0) is 25.0 Å². The molecule has 5 nitrogen and oxygen atoms in total. The summed E-state index contributed by atoms with van der Waals surface area (Å²) >= 11 is 0. The molecule has 0 atom stereocenters. The Morgan fingerprint density at radius 3 is 2.62 bits per heavy atom. The van der Waals surface area contributed by atoms with Crippen LogP contribution in [0.1, 0.15) is 12.8 Å². The Balaban J connectivity index is 1.78. The molecule has 1 aromatic heterocycles. The number of nitrogens with one attached hydrogen (secondary N) is 1. The van der Waals surface area contributed by atoms with Crippen molar-refractivity contribution in [1.82, 2.24) is 4.98 Å². The van der Waals surface area contributed by atoms with Crippen molar-refractivity contribution in [2.75, 3.05) is 36.5 Å². The van der Waals surface area contributed by atoms with E-state index in [0.717, 1.165) is 31.7 Å². The van der Waals surface area contributed by atoms with Crippen LogP contribution in [0.3, 0.4) is 0 Å². The molecule has 0 unspecified atom stereocenters. The highest BCUT2D eigenvalue weighted by Gasteiger charge is 2.27. The second-order valence-electron chi connectivity index (χ2n) is 4.76. The van der Waals surface area contributed by atoms with E-state index in [1.807, 2.05) is 0 Å². The van der Waals surface area contributed by atoms with Crippen LogP contribution in [0.2, 0.25) is 0 Å². The third-order valence-electron chi connectivity index (χ3n) is 2.96. The summed E-state index contributed by atoms with van der Waals surface area (Å²) < 4.78 is 39.8. The SMILES string of the molecule is O=C(COCC(F)(F)F)Nc1ccc(N2CCCC2)nc1. The molecule has 0 spiro atoms. The molecule has 0 aliphatic carbocycles. The molecule has 8 heteroatoms. The summed E-state index contributed by atoms with van der Waals surface area (Å²) in [4.78, 5) is 17.8. The summed E-state index contributed by atoms with van der Waals surface area (Å²) in [5, 5.41) is 2.43. The quantitative estimate of drug-likeness (QED) is 0.906. The maximum absolute atomic E-state index is 11.9. The van der Waals surface area contributed by atoms with Crippen molar-refractivity contribution in [2.24, 2.45) is 0 Å². The van der Waals surface area contributed by atoms with Gasteiger partial charge in [0.05, 0.1) is 11.9 Å². The number of pyridine rings is 1. The molecule has 2 heterocycles. The van der Waals surface area contributed by atoms with E-state index in [-0.39, 0.29) is 0 Å². The van der Waals surface area contributed by atoms with Gasteiger partial charge in [-0.25, -0.2) is 4.98 Å². The molecule has 116 valence electrons. The molecule has 1 aliphatic heterocycles. The first kappa shape index (κ1) is 15.6. The van der Waals surface area contributed by atoms with Crippen molar-refractivity contribution < 1.29 is 22.7 Å². The molecule has 2 rings (SSSR count). The van der Waals surface area contributed by atoms with Crippen LogP contribution in [0.15, 0.2) is 18.3 Å². The van der Waals surface area contributed by atoms with E-state index in [0.29, 0.717) is 5.69 Å². The second-order valence-corrected chi connectivity index (χ2v) is 4.76. The Morgan fingerprint density at radius 1 is 1.33 bits per heavy atom. The summed E-state index contributed by atoms with van der Waals surface area (Å²) in [7, 11) is 0. The van der Waals surface area contributed by atoms with Crippen molar-refractivity contribution >= 4 is 17.4 Å². The second kappa shape index (κ2) is 6.75. The number of carbonyl (C=O) groups is 1. The number of hydrogen-bond acceptors (Lipinski definition) is 4. The number of rotatable bonds is 5. The minimum Gasteiger partial charge on any atom is -0.362 e. The first-order valence-corrected chi connectivity index (χ1v) is 6.59. The maximum Gasteiger partial charge on any atom is 0.411 e. The van der Waals surface area contributed by atoms with Crippen LogP contribution in [-0.4, -0.2) is 43.4 Å². The zero-order valence-corrected chi connectivity index (χ0v) is 11.3. The van der Waals surface area contributed by atoms with E-state index in [9.17, 15) is 18.0 Å². The van der Waals surface area contributed by atoms with Gasteiger partial charge < -0.3 is 15.0 Å². The van der Waals surface area contributed by atoms with Crippen molar-refractivity contribution in [2.45, 2.75) is 19.0 Å². The third kappa shape index (κ3) is 5.22. The topological polar surface area (TPSA) is 54.5 Å². The van der Waals surface area contributed by atoms with Crippen molar-refractivity contribution in [3.05, 3.63) is 18.3 Å². The minimum absolute atomic E-state index is 0.429. The lowest BCUT2D eigenvalue weighted by atomic mass is 10.4. The van der Waals surface area contributed by atoms with Crippen LogP contribution in [0.5, 0.6) is 0 Å². The van der Waals surface area contributed by atoms with Crippen molar-refractivity contribution in [1.29, 1.82) is 0 Å². The van der Waals surface area contributed by atoms with Crippen molar-refractivity contribution in [3.63, 3.8) is 0 Å². The Hall–Kier alpha value is -1.83. The average Bonchev–Trinajstić information content (AvgIpc) is 2.92. The number of amides is 1. The fraction of sp³-hybridized carbons (Fsp3) is 0.538. The predicted molar refractivity (Wildman–Crippen MR) is 71.2 cm³/mol. The lowest BCUT2D eigenvalue weighted by Gasteiger charge is -2.16. The Labute approximate surface area is 120 Å². The van der Waals surface area contributed by atoms with Gasteiger partial charge in [-0.15, -0.1) is 0 Å². The number of aromatic nitrogens is 1. The lowest BCUT2D eigenvalue weighted by molar-refractivity contribution is -0.174. The first-order valence-electron chi connectivity index (χ1n) is 6.59. The average molecular weight is 303 g/mol. The zero-order chi connectivity index (χ0) is 15.3. The van der Waals surface area contributed by atoms with E-state index in [1.54, 1.807) is 12.1 Å². The molecule has 0 bridgehead atoms. The van der Waals surface area contributed by atoms with Crippen LogP contribution < -0.4 is 10.2 Å². The molecule has 1 aliphatic rings. The highest BCUT2D eigenvalue weighted by Crippen LogP contribution is 2.19. The smallest absolute Gasteiger partial charge is 0.362 e. The molecule has 0 aromatic carbocycles. The molecule has 0 saturated carbocycles. The van der Waals surface area contributed by atoms with E-state index in [2.05, 4.69) is 19.9 Å². The van der Waals surface area contributed by atoms with Gasteiger partial charge in [0.15, 0.2) is 0 Å². The number of hydrogen-bond donors (Lipinski definition) is 1. The van der Waals surface area contributed by atoms with Gasteiger partial charge in [0.25, 0.3) is 0 Å². The van der Waals surface area contributed by atoms with Gasteiger partial charge in [-0.1, -0.05) is 0 Å². The first-order chi connectivity index (χ1) is 9.94. The van der Waals surface area contributed by atoms with E-state index < -0.39 is 25.3 Å². The normalized spacial score (nSPS) is 15.3. The molecule has 1 fully saturated rings. The van der Waals surface area contributed by atoms with Crippen LogP contribution >= 0.6 is 0 Å². The molecule has 1 saturated heterocycles. The number of alkyl halides is 3. The largest absolute Gasteiger partial charge is 0.411 e. The van der Waals surface area contributed by atoms with E-state index in [4.69, 9.17) is 0 Å². The van der Waals surface area contributed by atoms with E-state index in [1.165, 1.54) is 6.20 Å². The fourth-order valence-electron chi connectivity index (χ4n) is 2.05. The molecular weight excluding hydrogens is 287 g/mol. The predicted octanol–water partition coefficient (Wildman–Crippen LogP) is 2.20. The molecule has 1 amide bonds. The number of halogens is 3. The highest BCUT2D eigenvalue weighted by atomic mass is 19.4. The van der Waals surface area contributed by atoms with Crippen LogP contribution in [0.4, 0.5) is 24.7 Å². The Morgan fingerprint density at radius 2 is 2.05 bits per heavy atom. The number of nitrogens with zero attached hydrogens (tertiary/aromatic N) is 2. The molecule has 21 heavy (non-hydrogen) atoms. The molecule has 1 aromatic rings. The van der Waals surface area contributed by atoms with Crippen molar-refractivity contribution in [3.8, 4) is 0 Å². The summed E-state index contributed by atoms with van der Waals surface area (Å²) in [6.45, 7) is -0.159. The number of carbonyl (C=O) groups excluding carboxylic acids is 1. The molecule has 1 N–H and O–H groups in total. The summed E-state index contributed by atoms with van der Waals surface area (Å²) in [5.41, 5.74) is 0.429. The summed E-state index contributed by atoms with van der Waals surface area (Å²) in [6, 6.07) is 3.44. The van der Waals surface area contributed by atoms with Gasteiger partial charge in [0, 0.05) is 13.1 Å². The Bertz CT molecular complexity index is 471. The minimum atomic E-state index is -4.43. The number of anilines is 2. The fourth-order valence-corrected chi connectivity index (χ4v) is 2.05. The van der Waals surface area contributed by atoms with Gasteiger partial charge >= 0.3 is 6.18 Å². The van der Waals surface area contributed by atoms with Crippen LogP contribution in [0, 0.1) is 0 Å². The molecule has 0 radical (unpaired) electrons. The Kier molecular flexibility index (Phi) is 5.00. The van der Waals surface area contributed by atoms with Crippen LogP contribution in [0.25, 0.3) is 0 Å². The van der Waals surface area contributed by atoms with Gasteiger partial charge in [0.2, 0.25) is 5.91 Å². The monoisotopic (exact) mass is 303 g/mol. The third-order valence-corrected chi connectivity index (χ3v) is 2.96.